The first-order valence-electron chi connectivity index (χ1n) is 6.35. The van der Waals surface area contributed by atoms with Crippen molar-refractivity contribution in [3.63, 3.8) is 0 Å². The zero-order valence-electron chi connectivity index (χ0n) is 11.5. The monoisotopic (exact) mass is 274 g/mol. The van der Waals surface area contributed by atoms with E-state index in [1.165, 1.54) is 5.56 Å². The minimum atomic E-state index is 0.114. The molecule has 1 aromatic carbocycles. The Bertz CT molecular complexity index is 577. The van der Waals surface area contributed by atoms with Crippen molar-refractivity contribution in [2.45, 2.75) is 20.3 Å². The summed E-state index contributed by atoms with van der Waals surface area (Å²) in [5.74, 6) is 0.114. The molecule has 19 heavy (non-hydrogen) atoms. The van der Waals surface area contributed by atoms with Gasteiger partial charge in [-0.2, -0.15) is 0 Å². The fourth-order valence-corrected chi connectivity index (χ4v) is 2.58. The number of aryl methyl sites for hydroxylation is 1. The van der Waals surface area contributed by atoms with Crippen LogP contribution in [0.3, 0.4) is 0 Å². The first-order valence-corrected chi connectivity index (χ1v) is 7.23. The van der Waals surface area contributed by atoms with Crippen LogP contribution in [0, 0.1) is 6.92 Å². The number of aromatic nitrogens is 1. The Morgan fingerprint density at radius 2 is 2.21 bits per heavy atom. The van der Waals surface area contributed by atoms with Crippen molar-refractivity contribution in [3.8, 4) is 10.6 Å². The van der Waals surface area contributed by atoms with Crippen molar-refractivity contribution in [2.24, 2.45) is 0 Å². The first kappa shape index (κ1) is 13.7. The van der Waals surface area contributed by atoms with Crippen molar-refractivity contribution in [2.75, 3.05) is 13.6 Å². The first-order chi connectivity index (χ1) is 9.10. The molecule has 100 valence electrons. The topological polar surface area (TPSA) is 33.2 Å². The number of benzene rings is 1. The predicted octanol–water partition coefficient (Wildman–Crippen LogP) is 3.14. The van der Waals surface area contributed by atoms with E-state index in [2.05, 4.69) is 30.1 Å². The van der Waals surface area contributed by atoms with Crippen molar-refractivity contribution in [3.05, 3.63) is 40.9 Å². The van der Waals surface area contributed by atoms with Gasteiger partial charge in [-0.15, -0.1) is 11.3 Å². The summed E-state index contributed by atoms with van der Waals surface area (Å²) in [5, 5.41) is 2.95. The third-order valence-corrected chi connectivity index (χ3v) is 3.99. The van der Waals surface area contributed by atoms with Crippen molar-refractivity contribution in [1.82, 2.24) is 9.88 Å². The van der Waals surface area contributed by atoms with E-state index in [0.717, 1.165) is 22.8 Å². The van der Waals surface area contributed by atoms with Gasteiger partial charge in [-0.05, 0) is 19.9 Å². The Hall–Kier alpha value is -1.68. The second-order valence-corrected chi connectivity index (χ2v) is 5.46. The maximum atomic E-state index is 11.8. The van der Waals surface area contributed by atoms with Gasteiger partial charge in [-0.3, -0.25) is 4.79 Å². The molecule has 3 nitrogen and oxygen atoms in total. The summed E-state index contributed by atoms with van der Waals surface area (Å²) in [6, 6.07) is 8.26. The largest absolute Gasteiger partial charge is 0.346 e. The van der Waals surface area contributed by atoms with Gasteiger partial charge in [0.25, 0.3) is 0 Å². The van der Waals surface area contributed by atoms with Crippen LogP contribution in [-0.4, -0.2) is 29.4 Å². The lowest BCUT2D eigenvalue weighted by atomic mass is 10.1. The van der Waals surface area contributed by atoms with Crippen molar-refractivity contribution < 1.29 is 4.79 Å². The number of thiazole rings is 1. The molecule has 2 rings (SSSR count). The van der Waals surface area contributed by atoms with Crippen molar-refractivity contribution in [1.29, 1.82) is 0 Å². The Morgan fingerprint density at radius 3 is 2.89 bits per heavy atom. The summed E-state index contributed by atoms with van der Waals surface area (Å²) < 4.78 is 0. The smallest absolute Gasteiger partial charge is 0.228 e. The fourth-order valence-electron chi connectivity index (χ4n) is 1.77. The molecule has 1 amide bonds. The highest BCUT2D eigenvalue weighted by atomic mass is 32.1. The number of rotatable bonds is 4. The summed E-state index contributed by atoms with van der Waals surface area (Å²) in [6.07, 6.45) is 0.382. The highest BCUT2D eigenvalue weighted by Crippen LogP contribution is 2.24. The highest BCUT2D eigenvalue weighted by Gasteiger charge is 2.11. The summed E-state index contributed by atoms with van der Waals surface area (Å²) in [6.45, 7) is 4.77. The molecular formula is C15H18N2OS. The number of amides is 1. The zero-order valence-corrected chi connectivity index (χ0v) is 12.3. The summed E-state index contributed by atoms with van der Waals surface area (Å²) in [4.78, 5) is 18.1. The molecule has 0 aliphatic carbocycles. The SMILES string of the molecule is CCN(C)C(=O)Cc1csc(-c2cccc(C)c2)n1. The van der Waals surface area contributed by atoms with Crippen LogP contribution >= 0.6 is 11.3 Å². The van der Waals surface area contributed by atoms with Crippen LogP contribution in [0.5, 0.6) is 0 Å². The molecule has 0 bridgehead atoms. The molecule has 0 fully saturated rings. The molecule has 1 heterocycles. The molecule has 0 radical (unpaired) electrons. The van der Waals surface area contributed by atoms with E-state index in [1.807, 2.05) is 25.4 Å². The second-order valence-electron chi connectivity index (χ2n) is 4.60. The third-order valence-electron chi connectivity index (χ3n) is 3.05. The minimum absolute atomic E-state index is 0.114. The minimum Gasteiger partial charge on any atom is -0.346 e. The number of carbonyl (C=O) groups excluding carboxylic acids is 1. The molecular weight excluding hydrogens is 256 g/mol. The Balaban J connectivity index is 2.13. The molecule has 0 saturated carbocycles. The molecule has 1 aromatic heterocycles. The number of nitrogens with zero attached hydrogens (tertiary/aromatic N) is 2. The lowest BCUT2D eigenvalue weighted by molar-refractivity contribution is -0.129. The van der Waals surface area contributed by atoms with Gasteiger partial charge in [0, 0.05) is 24.5 Å². The number of hydrogen-bond acceptors (Lipinski definition) is 3. The lowest BCUT2D eigenvalue weighted by Gasteiger charge is -2.12. The zero-order chi connectivity index (χ0) is 13.8. The Kier molecular flexibility index (Phi) is 4.32. The average Bonchev–Trinajstić information content (AvgIpc) is 2.86. The molecule has 0 N–H and O–H groups in total. The maximum absolute atomic E-state index is 11.8. The van der Waals surface area contributed by atoms with Crippen LogP contribution in [0.15, 0.2) is 29.6 Å². The Labute approximate surface area is 117 Å². The highest BCUT2D eigenvalue weighted by molar-refractivity contribution is 7.13. The molecule has 0 unspecified atom stereocenters. The summed E-state index contributed by atoms with van der Waals surface area (Å²) >= 11 is 1.59. The standard InChI is InChI=1S/C15H18N2OS/c1-4-17(3)14(18)9-13-10-19-15(16-13)12-7-5-6-11(2)8-12/h5-8,10H,4,9H2,1-3H3. The van der Waals surface area contributed by atoms with Gasteiger partial charge in [0.1, 0.15) is 5.01 Å². The molecule has 2 aromatic rings. The van der Waals surface area contributed by atoms with Crippen LogP contribution in [0.4, 0.5) is 0 Å². The molecule has 0 aliphatic rings. The quantitative estimate of drug-likeness (QED) is 0.858. The van der Waals surface area contributed by atoms with Crippen molar-refractivity contribution >= 4 is 17.2 Å². The van der Waals surface area contributed by atoms with Gasteiger partial charge in [-0.1, -0.05) is 23.8 Å². The van der Waals surface area contributed by atoms with Gasteiger partial charge in [-0.25, -0.2) is 4.98 Å². The molecule has 0 atom stereocenters. The van der Waals surface area contributed by atoms with Crippen LogP contribution in [-0.2, 0) is 11.2 Å². The summed E-state index contributed by atoms with van der Waals surface area (Å²) in [5.41, 5.74) is 3.19. The molecule has 0 spiro atoms. The van der Waals surface area contributed by atoms with E-state index in [9.17, 15) is 4.79 Å². The van der Waals surface area contributed by atoms with Gasteiger partial charge in [0.05, 0.1) is 12.1 Å². The normalized spacial score (nSPS) is 10.5. The second kappa shape index (κ2) is 5.97. The van der Waals surface area contributed by atoms with Crippen LogP contribution < -0.4 is 0 Å². The maximum Gasteiger partial charge on any atom is 0.228 e. The number of hydrogen-bond donors (Lipinski definition) is 0. The van der Waals surface area contributed by atoms with Gasteiger partial charge < -0.3 is 4.90 Å². The predicted molar refractivity (Wildman–Crippen MR) is 79.3 cm³/mol. The Morgan fingerprint density at radius 1 is 1.42 bits per heavy atom. The van der Waals surface area contributed by atoms with Crippen LogP contribution in [0.25, 0.3) is 10.6 Å². The number of likely N-dealkylation sites (N-methyl/N-ethyl adjacent to an activating group) is 1. The average molecular weight is 274 g/mol. The van der Waals surface area contributed by atoms with E-state index in [4.69, 9.17) is 0 Å². The van der Waals surface area contributed by atoms with E-state index < -0.39 is 0 Å². The number of carbonyl (C=O) groups is 1. The van der Waals surface area contributed by atoms with Crippen LogP contribution in [0.2, 0.25) is 0 Å². The van der Waals surface area contributed by atoms with E-state index in [-0.39, 0.29) is 5.91 Å². The molecule has 4 heteroatoms. The lowest BCUT2D eigenvalue weighted by Crippen LogP contribution is -2.27. The van der Waals surface area contributed by atoms with E-state index >= 15 is 0 Å². The molecule has 0 aliphatic heterocycles. The van der Waals surface area contributed by atoms with E-state index in [0.29, 0.717) is 6.42 Å². The molecule has 0 saturated heterocycles. The third kappa shape index (κ3) is 3.41. The van der Waals surface area contributed by atoms with Crippen LogP contribution in [0.1, 0.15) is 18.2 Å². The van der Waals surface area contributed by atoms with Gasteiger partial charge in [0.2, 0.25) is 5.91 Å². The van der Waals surface area contributed by atoms with E-state index in [1.54, 1.807) is 16.2 Å². The van der Waals surface area contributed by atoms with Gasteiger partial charge in [0.15, 0.2) is 0 Å². The summed E-state index contributed by atoms with van der Waals surface area (Å²) in [7, 11) is 1.82. The van der Waals surface area contributed by atoms with Gasteiger partial charge >= 0.3 is 0 Å². The fraction of sp³-hybridized carbons (Fsp3) is 0.333.